The second-order valence-electron chi connectivity index (χ2n) is 7.18. The van der Waals surface area contributed by atoms with Crippen LogP contribution in [0.3, 0.4) is 0 Å². The predicted octanol–water partition coefficient (Wildman–Crippen LogP) is 2.56. The van der Waals surface area contributed by atoms with E-state index in [4.69, 9.17) is 10.5 Å². The monoisotopic (exact) mass is 437 g/mol. The number of aromatic nitrogens is 2. The largest absolute Gasteiger partial charge is 0.491 e. The average molecular weight is 437 g/mol. The van der Waals surface area contributed by atoms with Gasteiger partial charge in [-0.15, -0.1) is 0 Å². The number of amides is 2. The molecule has 2 aliphatic heterocycles. The second-order valence-corrected chi connectivity index (χ2v) is 8.15. The third-order valence-corrected chi connectivity index (χ3v) is 6.36. The van der Waals surface area contributed by atoms with E-state index in [9.17, 15) is 18.4 Å². The Kier molecular flexibility index (Phi) is 5.31. The summed E-state index contributed by atoms with van der Waals surface area (Å²) in [6, 6.07) is 3.70. The Bertz CT molecular complexity index is 999. The van der Waals surface area contributed by atoms with Crippen molar-refractivity contribution in [2.24, 2.45) is 5.73 Å². The van der Waals surface area contributed by atoms with Gasteiger partial charge in [0.1, 0.15) is 30.3 Å². The molecule has 0 saturated carbocycles. The molecule has 0 spiro atoms. The number of benzene rings is 1. The number of ether oxygens (including phenoxy) is 1. The fourth-order valence-electron chi connectivity index (χ4n) is 3.49. The normalized spacial score (nSPS) is 19.2. The summed E-state index contributed by atoms with van der Waals surface area (Å²) in [5, 5.41) is -0.428. The molecule has 1 unspecified atom stereocenters. The molecule has 0 radical (unpaired) electrons. The quantitative estimate of drug-likeness (QED) is 0.773. The molecule has 2 aliphatic rings. The number of thioether (sulfide) groups is 1. The molecule has 30 heavy (non-hydrogen) atoms. The van der Waals surface area contributed by atoms with Gasteiger partial charge in [0.15, 0.2) is 5.82 Å². The molecule has 2 aromatic rings. The molecule has 2 amide bonds. The van der Waals surface area contributed by atoms with Crippen LogP contribution in [-0.2, 0) is 11.3 Å². The van der Waals surface area contributed by atoms with Gasteiger partial charge in [0, 0.05) is 30.8 Å². The van der Waals surface area contributed by atoms with Crippen molar-refractivity contribution >= 4 is 34.4 Å². The molecule has 0 aliphatic carbocycles. The van der Waals surface area contributed by atoms with E-state index in [0.717, 1.165) is 22.3 Å². The van der Waals surface area contributed by atoms with E-state index in [1.807, 2.05) is 6.07 Å². The minimum Gasteiger partial charge on any atom is -0.491 e. The number of hydrogen-bond acceptors (Lipinski definition) is 6. The number of alkyl halides is 2. The molecule has 1 saturated heterocycles. The number of rotatable bonds is 5. The molecule has 2 atom stereocenters. The zero-order valence-electron chi connectivity index (χ0n) is 16.4. The summed E-state index contributed by atoms with van der Waals surface area (Å²) in [5.74, 6) is 0.885. The van der Waals surface area contributed by atoms with E-state index < -0.39 is 29.7 Å². The van der Waals surface area contributed by atoms with Crippen LogP contribution in [0.5, 0.6) is 5.75 Å². The minimum absolute atomic E-state index is 0.0339. The number of imidazole rings is 1. The van der Waals surface area contributed by atoms with Crippen molar-refractivity contribution in [1.82, 2.24) is 9.55 Å². The Morgan fingerprint density at radius 3 is 2.90 bits per heavy atom. The molecule has 1 aromatic heterocycles. The standard InChI is InChI=1S/C19H21F2N5O3S/c1-10(17(22)27)24(2)11-3-4-12-14(7-11)29-6-5-25-8-15(23-18(12)25)26-13(16(20)21)9-30-19(26)28/h3-4,7-8,10,13,16H,5-6,9H2,1-2H3,(H2,22,27)/t10-,13?/m0/s1. The Balaban J connectivity index is 1.71. The number of carbonyl (C=O) groups is 2. The highest BCUT2D eigenvalue weighted by Crippen LogP contribution is 2.38. The maximum Gasteiger partial charge on any atom is 0.287 e. The van der Waals surface area contributed by atoms with Crippen LogP contribution in [0.1, 0.15) is 6.92 Å². The Morgan fingerprint density at radius 2 is 2.20 bits per heavy atom. The van der Waals surface area contributed by atoms with Gasteiger partial charge >= 0.3 is 0 Å². The molecule has 3 heterocycles. The molecule has 0 bridgehead atoms. The van der Waals surface area contributed by atoms with Gasteiger partial charge in [-0.1, -0.05) is 11.8 Å². The zero-order chi connectivity index (χ0) is 21.6. The minimum atomic E-state index is -2.65. The summed E-state index contributed by atoms with van der Waals surface area (Å²) in [6.45, 7) is 2.50. The fourth-order valence-corrected chi connectivity index (χ4v) is 4.47. The Labute approximate surface area is 176 Å². The highest BCUT2D eigenvalue weighted by molar-refractivity contribution is 8.14. The van der Waals surface area contributed by atoms with Gasteiger partial charge in [0.2, 0.25) is 5.91 Å². The molecule has 1 aromatic carbocycles. The van der Waals surface area contributed by atoms with Crippen molar-refractivity contribution in [3.63, 3.8) is 0 Å². The smallest absolute Gasteiger partial charge is 0.287 e. The van der Waals surface area contributed by atoms with Crippen molar-refractivity contribution in [2.75, 3.05) is 29.2 Å². The lowest BCUT2D eigenvalue weighted by Crippen LogP contribution is -2.40. The lowest BCUT2D eigenvalue weighted by Gasteiger charge is -2.25. The third-order valence-electron chi connectivity index (χ3n) is 5.40. The molecule has 11 heteroatoms. The lowest BCUT2D eigenvalue weighted by molar-refractivity contribution is -0.118. The van der Waals surface area contributed by atoms with Crippen molar-refractivity contribution < 1.29 is 23.1 Å². The lowest BCUT2D eigenvalue weighted by atomic mass is 10.1. The zero-order valence-corrected chi connectivity index (χ0v) is 17.2. The van der Waals surface area contributed by atoms with Crippen LogP contribution >= 0.6 is 11.8 Å². The Morgan fingerprint density at radius 1 is 1.43 bits per heavy atom. The number of fused-ring (bicyclic) bond motifs is 3. The maximum atomic E-state index is 13.4. The molecule has 2 N–H and O–H groups in total. The van der Waals surface area contributed by atoms with Crippen LogP contribution in [0.2, 0.25) is 0 Å². The first-order valence-corrected chi connectivity index (χ1v) is 10.4. The SMILES string of the molecule is C[C@@H](C(N)=O)N(C)c1ccc2c(c1)OCCn1cc(N3C(=O)SCC3C(F)F)nc1-2. The summed E-state index contributed by atoms with van der Waals surface area (Å²) in [5.41, 5.74) is 6.81. The van der Waals surface area contributed by atoms with Crippen molar-refractivity contribution in [2.45, 2.75) is 32.0 Å². The van der Waals surface area contributed by atoms with Gasteiger partial charge in [0.25, 0.3) is 11.7 Å². The summed E-state index contributed by atoms with van der Waals surface area (Å²) >= 11 is 0.872. The topological polar surface area (TPSA) is 93.7 Å². The van der Waals surface area contributed by atoms with Crippen molar-refractivity contribution in [1.29, 1.82) is 0 Å². The van der Waals surface area contributed by atoms with E-state index in [1.165, 1.54) is 0 Å². The van der Waals surface area contributed by atoms with E-state index in [1.54, 1.807) is 41.8 Å². The number of carbonyl (C=O) groups excluding carboxylic acids is 2. The Hall–Kier alpha value is -2.82. The van der Waals surface area contributed by atoms with Crippen LogP contribution in [0.4, 0.5) is 25.1 Å². The van der Waals surface area contributed by atoms with Crippen LogP contribution in [0.15, 0.2) is 24.4 Å². The highest BCUT2D eigenvalue weighted by Gasteiger charge is 2.40. The van der Waals surface area contributed by atoms with E-state index >= 15 is 0 Å². The van der Waals surface area contributed by atoms with Crippen molar-refractivity contribution in [3.8, 4) is 17.1 Å². The third kappa shape index (κ3) is 3.47. The molecular weight excluding hydrogens is 416 g/mol. The predicted molar refractivity (Wildman–Crippen MR) is 110 cm³/mol. The number of likely N-dealkylation sites (N-methyl/N-ethyl adjacent to an activating group) is 1. The number of hydrogen-bond donors (Lipinski definition) is 1. The molecule has 8 nitrogen and oxygen atoms in total. The molecule has 1 fully saturated rings. The number of nitrogens with two attached hydrogens (primary N) is 1. The van der Waals surface area contributed by atoms with Crippen molar-refractivity contribution in [3.05, 3.63) is 24.4 Å². The van der Waals surface area contributed by atoms with Crippen LogP contribution in [-0.4, -0.2) is 58.6 Å². The fraction of sp³-hybridized carbons (Fsp3) is 0.421. The summed E-state index contributed by atoms with van der Waals surface area (Å²) in [6.07, 6.45) is -1.03. The van der Waals surface area contributed by atoms with Gasteiger partial charge in [-0.25, -0.2) is 13.8 Å². The van der Waals surface area contributed by atoms with Gasteiger partial charge in [-0.3, -0.25) is 14.5 Å². The summed E-state index contributed by atoms with van der Waals surface area (Å²) in [4.78, 5) is 31.0. The summed E-state index contributed by atoms with van der Waals surface area (Å²) in [7, 11) is 1.76. The van der Waals surface area contributed by atoms with E-state index in [0.29, 0.717) is 30.3 Å². The number of primary amides is 1. The van der Waals surface area contributed by atoms with Gasteiger partial charge < -0.3 is 19.9 Å². The first-order valence-electron chi connectivity index (χ1n) is 9.38. The highest BCUT2D eigenvalue weighted by atomic mass is 32.2. The van der Waals surface area contributed by atoms with Crippen LogP contribution in [0, 0.1) is 0 Å². The number of nitrogens with zero attached hydrogens (tertiary/aromatic N) is 4. The van der Waals surface area contributed by atoms with E-state index in [-0.39, 0.29) is 11.6 Å². The number of anilines is 2. The summed E-state index contributed by atoms with van der Waals surface area (Å²) < 4.78 is 34.4. The first kappa shape index (κ1) is 20.5. The number of halogens is 2. The van der Waals surface area contributed by atoms with E-state index in [2.05, 4.69) is 4.98 Å². The van der Waals surface area contributed by atoms with Crippen LogP contribution in [0.25, 0.3) is 11.4 Å². The molecular formula is C19H21F2N5O3S. The maximum absolute atomic E-state index is 13.4. The first-order chi connectivity index (χ1) is 14.3. The molecule has 160 valence electrons. The van der Waals surface area contributed by atoms with Gasteiger partial charge in [-0.2, -0.15) is 0 Å². The molecule has 4 rings (SSSR count). The second kappa shape index (κ2) is 7.78. The van der Waals surface area contributed by atoms with Crippen LogP contribution < -0.4 is 20.3 Å². The van der Waals surface area contributed by atoms with Gasteiger partial charge in [-0.05, 0) is 19.1 Å². The average Bonchev–Trinajstić information content (AvgIpc) is 3.25. The van der Waals surface area contributed by atoms with Gasteiger partial charge in [0.05, 0.1) is 12.1 Å².